The monoisotopic (exact) mass is 728 g/mol. The lowest BCUT2D eigenvalue weighted by molar-refractivity contribution is 1.06. The molecule has 0 heterocycles. The van der Waals surface area contributed by atoms with E-state index in [1.807, 2.05) is 0 Å². The molecule has 56 heavy (non-hydrogen) atoms. The van der Waals surface area contributed by atoms with Gasteiger partial charge in [-0.1, -0.05) is 173 Å². The van der Waals surface area contributed by atoms with Gasteiger partial charge in [0.2, 0.25) is 0 Å². The highest BCUT2D eigenvalue weighted by Crippen LogP contribution is 2.41. The maximum absolute atomic E-state index is 2.42. The first-order valence-electron chi connectivity index (χ1n) is 20.2. The quantitative estimate of drug-likeness (QED) is 0.103. The zero-order valence-electron chi connectivity index (χ0n) is 33.2. The number of benzene rings is 7. The van der Waals surface area contributed by atoms with Gasteiger partial charge in [0.15, 0.2) is 0 Å². The van der Waals surface area contributed by atoms with Crippen LogP contribution >= 0.6 is 0 Å². The fourth-order valence-electron chi connectivity index (χ4n) is 7.55. The molecule has 0 aliphatic carbocycles. The standard InChI is InChI=1S/C54H52N2/c1-5-45-17-15-18-46(6-2)53(45)55(49-21-11-9-12-22-49)51-37-33-43(34-38-51)31-29-41-25-27-42(28-26-41)30-32-44-35-39-52(40-36-44)56(50-23-13-10-14-24-50)54-47(7-3)19-16-20-48(54)8-4/h9-40H,5-8H2,1-4H3/b31-29+,32-30+. The molecule has 0 saturated carbocycles. The van der Waals surface area contributed by atoms with Crippen molar-refractivity contribution in [3.63, 3.8) is 0 Å². The van der Waals surface area contributed by atoms with Crippen LogP contribution in [0.25, 0.3) is 24.3 Å². The molecule has 2 heteroatoms. The van der Waals surface area contributed by atoms with Crippen LogP contribution in [0.2, 0.25) is 0 Å². The van der Waals surface area contributed by atoms with Crippen molar-refractivity contribution in [2.45, 2.75) is 53.4 Å². The van der Waals surface area contributed by atoms with E-state index < -0.39 is 0 Å². The van der Waals surface area contributed by atoms with Crippen LogP contribution in [-0.2, 0) is 25.7 Å². The van der Waals surface area contributed by atoms with Gasteiger partial charge in [-0.2, -0.15) is 0 Å². The SMILES string of the molecule is CCc1cccc(CC)c1N(c1ccccc1)c1ccc(/C=C/c2ccc(/C=C/c3ccc(N(c4ccccc4)c4c(CC)cccc4CC)cc3)cc2)cc1. The minimum Gasteiger partial charge on any atom is -0.310 e. The molecule has 0 atom stereocenters. The molecule has 7 aromatic carbocycles. The second-order valence-electron chi connectivity index (χ2n) is 14.1. The zero-order chi connectivity index (χ0) is 38.7. The van der Waals surface area contributed by atoms with E-state index in [-0.39, 0.29) is 0 Å². The molecule has 0 amide bonds. The van der Waals surface area contributed by atoms with Gasteiger partial charge in [-0.25, -0.2) is 0 Å². The average molecular weight is 729 g/mol. The summed E-state index contributed by atoms with van der Waals surface area (Å²) in [6.45, 7) is 8.97. The van der Waals surface area contributed by atoms with Crippen LogP contribution in [0, 0.1) is 0 Å². The lowest BCUT2D eigenvalue weighted by Crippen LogP contribution is -2.14. The summed E-state index contributed by atoms with van der Waals surface area (Å²) < 4.78 is 0. The van der Waals surface area contributed by atoms with Crippen LogP contribution in [0.3, 0.4) is 0 Å². The van der Waals surface area contributed by atoms with Crippen molar-refractivity contribution in [3.8, 4) is 0 Å². The summed E-state index contributed by atoms with van der Waals surface area (Å²) in [5.41, 5.74) is 17.4. The normalized spacial score (nSPS) is 11.4. The van der Waals surface area contributed by atoms with Crippen molar-refractivity contribution in [2.24, 2.45) is 0 Å². The molecular formula is C54H52N2. The van der Waals surface area contributed by atoms with Crippen molar-refractivity contribution in [1.29, 1.82) is 0 Å². The summed E-state index contributed by atoms with van der Waals surface area (Å²) in [6, 6.07) is 61.4. The van der Waals surface area contributed by atoms with E-state index in [1.54, 1.807) is 0 Å². The summed E-state index contributed by atoms with van der Waals surface area (Å²) in [5.74, 6) is 0. The molecule has 0 bridgehead atoms. The average Bonchev–Trinajstić information content (AvgIpc) is 3.27. The summed E-state index contributed by atoms with van der Waals surface area (Å²) in [6.07, 6.45) is 12.7. The number of hydrogen-bond acceptors (Lipinski definition) is 2. The van der Waals surface area contributed by atoms with Gasteiger partial charge in [0.25, 0.3) is 0 Å². The van der Waals surface area contributed by atoms with Gasteiger partial charge in [0.05, 0.1) is 11.4 Å². The highest BCUT2D eigenvalue weighted by molar-refractivity contribution is 5.83. The topological polar surface area (TPSA) is 6.48 Å². The van der Waals surface area contributed by atoms with E-state index in [9.17, 15) is 0 Å². The van der Waals surface area contributed by atoms with Gasteiger partial charge < -0.3 is 9.80 Å². The van der Waals surface area contributed by atoms with Crippen LogP contribution in [0.4, 0.5) is 34.1 Å². The van der Waals surface area contributed by atoms with Crippen LogP contribution in [0.1, 0.15) is 72.2 Å². The van der Waals surface area contributed by atoms with Crippen LogP contribution in [-0.4, -0.2) is 0 Å². The smallest absolute Gasteiger partial charge is 0.0525 e. The van der Waals surface area contributed by atoms with E-state index in [4.69, 9.17) is 0 Å². The van der Waals surface area contributed by atoms with Crippen molar-refractivity contribution >= 4 is 58.4 Å². The van der Waals surface area contributed by atoms with Crippen molar-refractivity contribution in [3.05, 3.63) is 214 Å². The van der Waals surface area contributed by atoms with Crippen LogP contribution in [0.15, 0.2) is 170 Å². The summed E-state index contributed by atoms with van der Waals surface area (Å²) >= 11 is 0. The minimum atomic E-state index is 0.984. The van der Waals surface area contributed by atoms with Gasteiger partial charge in [0, 0.05) is 22.7 Å². The number of anilines is 6. The number of aryl methyl sites for hydroxylation is 4. The Morgan fingerprint density at radius 3 is 0.804 bits per heavy atom. The Morgan fingerprint density at radius 1 is 0.286 bits per heavy atom. The molecule has 7 aromatic rings. The Bertz CT molecular complexity index is 2150. The molecule has 0 saturated heterocycles. The largest absolute Gasteiger partial charge is 0.310 e. The maximum atomic E-state index is 2.42. The molecule has 0 N–H and O–H groups in total. The number of para-hydroxylation sites is 4. The predicted octanol–water partition coefficient (Wildman–Crippen LogP) is 15.2. The molecular weight excluding hydrogens is 677 g/mol. The summed E-state index contributed by atoms with van der Waals surface area (Å²) in [7, 11) is 0. The van der Waals surface area contributed by atoms with E-state index in [2.05, 4.69) is 232 Å². The van der Waals surface area contributed by atoms with Gasteiger partial charge >= 0.3 is 0 Å². The first-order valence-corrected chi connectivity index (χ1v) is 20.2. The molecule has 0 radical (unpaired) electrons. The molecule has 7 rings (SSSR count). The Kier molecular flexibility index (Phi) is 12.4. The van der Waals surface area contributed by atoms with Gasteiger partial charge in [-0.05, 0) is 119 Å². The second kappa shape index (κ2) is 18.3. The predicted molar refractivity (Wildman–Crippen MR) is 244 cm³/mol. The molecule has 0 fully saturated rings. The Balaban J connectivity index is 1.06. The fourth-order valence-corrected chi connectivity index (χ4v) is 7.55. The van der Waals surface area contributed by atoms with Crippen molar-refractivity contribution in [2.75, 3.05) is 9.80 Å². The third-order valence-corrected chi connectivity index (χ3v) is 10.6. The third-order valence-electron chi connectivity index (χ3n) is 10.6. The van der Waals surface area contributed by atoms with E-state index in [0.717, 1.165) is 37.1 Å². The zero-order valence-corrected chi connectivity index (χ0v) is 33.2. The molecule has 0 unspecified atom stereocenters. The van der Waals surface area contributed by atoms with Crippen molar-refractivity contribution < 1.29 is 0 Å². The Labute approximate surface area is 334 Å². The Morgan fingerprint density at radius 2 is 0.536 bits per heavy atom. The second-order valence-corrected chi connectivity index (χ2v) is 14.1. The van der Waals surface area contributed by atoms with Crippen molar-refractivity contribution in [1.82, 2.24) is 0 Å². The van der Waals surface area contributed by atoms with E-state index >= 15 is 0 Å². The first kappa shape index (κ1) is 37.9. The third kappa shape index (κ3) is 8.61. The van der Waals surface area contributed by atoms with Gasteiger partial charge in [-0.3, -0.25) is 0 Å². The van der Waals surface area contributed by atoms with Crippen LogP contribution < -0.4 is 9.80 Å². The van der Waals surface area contributed by atoms with Gasteiger partial charge in [0.1, 0.15) is 0 Å². The maximum Gasteiger partial charge on any atom is 0.0525 e. The fraction of sp³-hybridized carbons (Fsp3) is 0.148. The Hall–Kier alpha value is -6.38. The highest BCUT2D eigenvalue weighted by Gasteiger charge is 2.20. The van der Waals surface area contributed by atoms with Gasteiger partial charge in [-0.15, -0.1) is 0 Å². The van der Waals surface area contributed by atoms with Crippen LogP contribution in [0.5, 0.6) is 0 Å². The first-order chi connectivity index (χ1) is 27.6. The highest BCUT2D eigenvalue weighted by atomic mass is 15.2. The molecule has 0 aliphatic rings. The number of hydrogen-bond donors (Lipinski definition) is 0. The lowest BCUT2D eigenvalue weighted by atomic mass is 10.00. The molecule has 278 valence electrons. The number of rotatable bonds is 14. The van der Waals surface area contributed by atoms with E-state index in [1.165, 1.54) is 67.3 Å². The molecule has 2 nitrogen and oxygen atoms in total. The summed E-state index contributed by atoms with van der Waals surface area (Å²) in [5, 5.41) is 0. The number of nitrogens with zero attached hydrogens (tertiary/aromatic N) is 2. The molecule has 0 aromatic heterocycles. The molecule has 0 spiro atoms. The summed E-state index contributed by atoms with van der Waals surface area (Å²) in [4.78, 5) is 4.83. The van der Waals surface area contributed by atoms with E-state index in [0.29, 0.717) is 0 Å². The lowest BCUT2D eigenvalue weighted by Gasteiger charge is -2.30. The minimum absolute atomic E-state index is 0.984. The molecule has 0 aliphatic heterocycles.